The predicted molar refractivity (Wildman–Crippen MR) is 162 cm³/mol. The van der Waals surface area contributed by atoms with Crippen LogP contribution in [-0.4, -0.2) is 68.6 Å². The molecule has 1 saturated heterocycles. The van der Waals surface area contributed by atoms with Crippen LogP contribution in [0, 0.1) is 0 Å². The fraction of sp³-hybridized carbons (Fsp3) is 0.412. The van der Waals surface area contributed by atoms with Gasteiger partial charge in [0.15, 0.2) is 11.5 Å². The molecule has 0 saturated carbocycles. The minimum absolute atomic E-state index is 0.0644. The highest BCUT2D eigenvalue weighted by atomic mass is 16.5. The van der Waals surface area contributed by atoms with Gasteiger partial charge in [-0.3, -0.25) is 14.5 Å². The van der Waals surface area contributed by atoms with E-state index in [1.807, 2.05) is 54.3 Å². The Hall–Kier alpha value is -4.04. The van der Waals surface area contributed by atoms with Gasteiger partial charge in [-0.15, -0.1) is 0 Å². The minimum Gasteiger partial charge on any atom is -0.493 e. The first kappa shape index (κ1) is 29.5. The zero-order valence-corrected chi connectivity index (χ0v) is 25.0. The SMILES string of the molecule is CCCN1C(=O)c2ccccc2C(C(=O)NC2CCN(Cc3ccccc3)CC2)C1c1cc(OC)c(OC)c(OC)c1. The standard InChI is InChI=1S/C34H41N3O5/c1-5-17-37-31(24-20-28(40-2)32(42-4)29(21-24)41-3)30(26-13-9-10-14-27(26)34(37)39)33(38)35-25-15-18-36(19-16-25)22-23-11-7-6-8-12-23/h6-14,20-21,25,30-31H,5,15-19,22H2,1-4H3,(H,35,38). The lowest BCUT2D eigenvalue weighted by Gasteiger charge is -2.42. The molecule has 0 spiro atoms. The lowest BCUT2D eigenvalue weighted by atomic mass is 9.78. The third-order valence-corrected chi connectivity index (χ3v) is 8.40. The smallest absolute Gasteiger partial charge is 0.254 e. The van der Waals surface area contributed by atoms with Gasteiger partial charge >= 0.3 is 0 Å². The summed E-state index contributed by atoms with van der Waals surface area (Å²) in [5, 5.41) is 3.38. The molecule has 2 aliphatic rings. The van der Waals surface area contributed by atoms with Crippen LogP contribution in [0.25, 0.3) is 0 Å². The van der Waals surface area contributed by atoms with Gasteiger partial charge in [-0.05, 0) is 54.2 Å². The summed E-state index contributed by atoms with van der Waals surface area (Å²) in [6.07, 6.45) is 2.50. The van der Waals surface area contributed by atoms with E-state index < -0.39 is 12.0 Å². The number of carbonyl (C=O) groups is 2. The number of fused-ring (bicyclic) bond motifs is 1. The van der Waals surface area contributed by atoms with Crippen LogP contribution in [0.15, 0.2) is 66.7 Å². The van der Waals surface area contributed by atoms with E-state index in [-0.39, 0.29) is 17.9 Å². The highest BCUT2D eigenvalue weighted by Gasteiger charge is 2.45. The maximum atomic E-state index is 14.3. The van der Waals surface area contributed by atoms with Crippen molar-refractivity contribution in [2.75, 3.05) is 41.0 Å². The van der Waals surface area contributed by atoms with E-state index in [1.54, 1.807) is 21.3 Å². The monoisotopic (exact) mass is 571 g/mol. The van der Waals surface area contributed by atoms with Crippen molar-refractivity contribution in [1.29, 1.82) is 0 Å². The Labute approximate surface area is 248 Å². The number of amides is 2. The Bertz CT molecular complexity index is 1360. The molecule has 5 rings (SSSR count). The van der Waals surface area contributed by atoms with Gasteiger partial charge in [0, 0.05) is 37.8 Å². The van der Waals surface area contributed by atoms with Gasteiger partial charge < -0.3 is 24.4 Å². The molecule has 0 bridgehead atoms. The second-order valence-corrected chi connectivity index (χ2v) is 11.0. The largest absolute Gasteiger partial charge is 0.493 e. The molecule has 3 aromatic rings. The quantitative estimate of drug-likeness (QED) is 0.361. The lowest BCUT2D eigenvalue weighted by Crippen LogP contribution is -2.51. The van der Waals surface area contributed by atoms with Gasteiger partial charge in [-0.2, -0.15) is 0 Å². The highest BCUT2D eigenvalue weighted by Crippen LogP contribution is 2.47. The predicted octanol–water partition coefficient (Wildman–Crippen LogP) is 5.18. The number of hydrogen-bond donors (Lipinski definition) is 1. The van der Waals surface area contributed by atoms with E-state index in [1.165, 1.54) is 5.56 Å². The molecule has 2 amide bonds. The van der Waals surface area contributed by atoms with Crippen LogP contribution >= 0.6 is 0 Å². The van der Waals surface area contributed by atoms with Gasteiger partial charge in [0.2, 0.25) is 11.7 Å². The first-order valence-corrected chi connectivity index (χ1v) is 14.8. The third kappa shape index (κ3) is 5.95. The van der Waals surface area contributed by atoms with E-state index in [0.717, 1.165) is 50.0 Å². The number of benzene rings is 3. The molecule has 42 heavy (non-hydrogen) atoms. The third-order valence-electron chi connectivity index (χ3n) is 8.40. The summed E-state index contributed by atoms with van der Waals surface area (Å²) in [7, 11) is 4.70. The first-order valence-electron chi connectivity index (χ1n) is 14.8. The summed E-state index contributed by atoms with van der Waals surface area (Å²) in [6, 6.07) is 21.2. The van der Waals surface area contributed by atoms with E-state index in [9.17, 15) is 9.59 Å². The molecule has 3 aromatic carbocycles. The van der Waals surface area contributed by atoms with Crippen molar-refractivity contribution >= 4 is 11.8 Å². The Kier molecular flexibility index (Phi) is 9.32. The topological polar surface area (TPSA) is 80.3 Å². The lowest BCUT2D eigenvalue weighted by molar-refractivity contribution is -0.125. The van der Waals surface area contributed by atoms with Crippen LogP contribution in [0.4, 0.5) is 0 Å². The molecular weight excluding hydrogens is 530 g/mol. The number of methoxy groups -OCH3 is 3. The van der Waals surface area contributed by atoms with Gasteiger partial charge in [-0.1, -0.05) is 55.5 Å². The maximum absolute atomic E-state index is 14.3. The highest BCUT2D eigenvalue weighted by molar-refractivity contribution is 6.01. The average Bonchev–Trinajstić information content (AvgIpc) is 3.02. The number of likely N-dealkylation sites (tertiary alicyclic amines) is 1. The van der Waals surface area contributed by atoms with Gasteiger partial charge in [-0.25, -0.2) is 0 Å². The molecular formula is C34H41N3O5. The molecule has 2 atom stereocenters. The van der Waals surface area contributed by atoms with Gasteiger partial charge in [0.05, 0.1) is 33.3 Å². The maximum Gasteiger partial charge on any atom is 0.254 e. The number of ether oxygens (including phenoxy) is 3. The number of nitrogens with one attached hydrogen (secondary N) is 1. The molecule has 0 aromatic heterocycles. The van der Waals surface area contributed by atoms with Crippen molar-refractivity contribution in [3.63, 3.8) is 0 Å². The minimum atomic E-state index is -0.601. The summed E-state index contributed by atoms with van der Waals surface area (Å²) in [5.74, 6) is 0.687. The zero-order valence-electron chi connectivity index (χ0n) is 25.0. The molecule has 1 N–H and O–H groups in total. The van der Waals surface area contributed by atoms with Crippen LogP contribution < -0.4 is 19.5 Å². The Morgan fingerprint density at radius 2 is 1.55 bits per heavy atom. The summed E-state index contributed by atoms with van der Waals surface area (Å²) in [5.41, 5.74) is 3.38. The van der Waals surface area contributed by atoms with Crippen LogP contribution in [-0.2, 0) is 11.3 Å². The second kappa shape index (κ2) is 13.3. The van der Waals surface area contributed by atoms with Crippen molar-refractivity contribution in [3.8, 4) is 17.2 Å². The number of carbonyl (C=O) groups excluding carboxylic acids is 2. The van der Waals surface area contributed by atoms with Crippen LogP contribution in [0.1, 0.15) is 65.2 Å². The van der Waals surface area contributed by atoms with Crippen molar-refractivity contribution in [2.45, 2.75) is 50.7 Å². The fourth-order valence-electron chi connectivity index (χ4n) is 6.37. The van der Waals surface area contributed by atoms with Crippen molar-refractivity contribution in [1.82, 2.24) is 15.1 Å². The number of rotatable bonds is 10. The molecule has 8 nitrogen and oxygen atoms in total. The Morgan fingerprint density at radius 3 is 2.17 bits per heavy atom. The summed E-state index contributed by atoms with van der Waals surface area (Å²) in [4.78, 5) is 32.5. The van der Waals surface area contributed by atoms with Crippen molar-refractivity contribution < 1.29 is 23.8 Å². The molecule has 2 unspecified atom stereocenters. The average molecular weight is 572 g/mol. The van der Waals surface area contributed by atoms with Crippen LogP contribution in [0.2, 0.25) is 0 Å². The summed E-state index contributed by atoms with van der Waals surface area (Å²) >= 11 is 0. The zero-order chi connectivity index (χ0) is 29.6. The van der Waals surface area contributed by atoms with Gasteiger partial charge in [0.25, 0.3) is 5.91 Å². The number of piperidine rings is 1. The molecule has 2 aliphatic heterocycles. The molecule has 0 radical (unpaired) electrons. The van der Waals surface area contributed by atoms with E-state index in [0.29, 0.717) is 29.4 Å². The summed E-state index contributed by atoms with van der Waals surface area (Å²) < 4.78 is 16.9. The molecule has 222 valence electrons. The molecule has 8 heteroatoms. The Morgan fingerprint density at radius 1 is 0.905 bits per heavy atom. The van der Waals surface area contributed by atoms with Crippen molar-refractivity contribution in [2.24, 2.45) is 0 Å². The van der Waals surface area contributed by atoms with E-state index >= 15 is 0 Å². The second-order valence-electron chi connectivity index (χ2n) is 11.0. The fourth-order valence-corrected chi connectivity index (χ4v) is 6.37. The van der Waals surface area contributed by atoms with Crippen LogP contribution in [0.5, 0.6) is 17.2 Å². The number of nitrogens with zero attached hydrogens (tertiary/aromatic N) is 2. The molecule has 2 heterocycles. The van der Waals surface area contributed by atoms with Gasteiger partial charge in [0.1, 0.15) is 0 Å². The molecule has 0 aliphatic carbocycles. The first-order chi connectivity index (χ1) is 20.5. The van der Waals surface area contributed by atoms with Crippen LogP contribution in [0.3, 0.4) is 0 Å². The van der Waals surface area contributed by atoms with E-state index in [4.69, 9.17) is 14.2 Å². The molecule has 1 fully saturated rings. The van der Waals surface area contributed by atoms with E-state index in [2.05, 4.69) is 34.5 Å². The normalized spacial score (nSPS) is 19.2. The Balaban J connectivity index is 1.46. The van der Waals surface area contributed by atoms with Crippen molar-refractivity contribution in [3.05, 3.63) is 89.0 Å². The summed E-state index contributed by atoms with van der Waals surface area (Å²) in [6.45, 7) is 5.29. The number of hydrogen-bond acceptors (Lipinski definition) is 6.